The Labute approximate surface area is 195 Å². The van der Waals surface area contributed by atoms with Crippen LogP contribution < -0.4 is 19.5 Å². The highest BCUT2D eigenvalue weighted by molar-refractivity contribution is 6.02. The van der Waals surface area contributed by atoms with Gasteiger partial charge < -0.3 is 19.5 Å². The molecule has 1 N–H and O–H groups in total. The van der Waals surface area contributed by atoms with Gasteiger partial charge in [-0.2, -0.15) is 15.0 Å². The van der Waals surface area contributed by atoms with Crippen molar-refractivity contribution in [2.75, 3.05) is 26.6 Å². The van der Waals surface area contributed by atoms with Gasteiger partial charge in [0.25, 0.3) is 0 Å². The van der Waals surface area contributed by atoms with Crippen molar-refractivity contribution in [2.45, 2.75) is 0 Å². The number of aromatic nitrogens is 3. The van der Waals surface area contributed by atoms with E-state index in [0.717, 1.165) is 10.9 Å². The molecule has 0 radical (unpaired) electrons. The molecule has 9 heteroatoms. The number of amides is 1. The summed E-state index contributed by atoms with van der Waals surface area (Å²) in [6, 6.07) is 16.8. The van der Waals surface area contributed by atoms with Gasteiger partial charge in [0.05, 0.1) is 33.0 Å². The smallest absolute Gasteiger partial charge is 0.249 e. The molecule has 0 aliphatic rings. The van der Waals surface area contributed by atoms with Crippen LogP contribution in [0.2, 0.25) is 0 Å². The molecule has 0 atom stereocenters. The predicted molar refractivity (Wildman–Crippen MR) is 127 cm³/mol. The number of anilines is 1. The molecule has 2 heterocycles. The number of carbonyl (C=O) groups is 1. The zero-order valence-electron chi connectivity index (χ0n) is 18.8. The SMILES string of the molecule is COc1cc(/C=C/C(=O)Nc2c(C#N)cnn2-c2ccc3ccccc3n2)cc(OC)c1OC. The molecule has 0 saturated heterocycles. The summed E-state index contributed by atoms with van der Waals surface area (Å²) >= 11 is 0. The Balaban J connectivity index is 1.62. The Bertz CT molecular complexity index is 1410. The van der Waals surface area contributed by atoms with Crippen molar-refractivity contribution in [3.05, 3.63) is 71.9 Å². The van der Waals surface area contributed by atoms with Crippen molar-refractivity contribution in [2.24, 2.45) is 0 Å². The van der Waals surface area contributed by atoms with Crippen LogP contribution in [0.15, 0.2) is 60.8 Å². The highest BCUT2D eigenvalue weighted by Crippen LogP contribution is 2.38. The minimum absolute atomic E-state index is 0.212. The Kier molecular flexibility index (Phi) is 6.41. The average molecular weight is 455 g/mol. The molecule has 0 aliphatic heterocycles. The number of nitrogens with zero attached hydrogens (tertiary/aromatic N) is 4. The lowest BCUT2D eigenvalue weighted by Crippen LogP contribution is -2.14. The standard InChI is InChI=1S/C25H21N5O4/c1-32-20-12-16(13-21(33-2)24(20)34-3)8-11-23(31)29-25-18(14-26)15-27-30(25)22-10-9-17-6-4-5-7-19(17)28-22/h4-13,15H,1-3H3,(H,29,31)/b11-8+. The maximum absolute atomic E-state index is 12.7. The normalized spacial score (nSPS) is 10.8. The lowest BCUT2D eigenvalue weighted by molar-refractivity contribution is -0.111. The van der Waals surface area contributed by atoms with Crippen molar-refractivity contribution in [3.63, 3.8) is 0 Å². The first-order valence-corrected chi connectivity index (χ1v) is 10.2. The van der Waals surface area contributed by atoms with Gasteiger partial charge in [-0.15, -0.1) is 0 Å². The van der Waals surface area contributed by atoms with E-state index >= 15 is 0 Å². The molecule has 0 bridgehead atoms. The third-order valence-electron chi connectivity index (χ3n) is 5.05. The molecule has 34 heavy (non-hydrogen) atoms. The van der Waals surface area contributed by atoms with Crippen LogP contribution in [0, 0.1) is 11.3 Å². The Morgan fingerprint density at radius 2 is 1.79 bits per heavy atom. The second kappa shape index (κ2) is 9.75. The van der Waals surface area contributed by atoms with Crippen LogP contribution in [0.25, 0.3) is 22.8 Å². The first kappa shape index (κ1) is 22.4. The number of nitrogens with one attached hydrogen (secondary N) is 1. The van der Waals surface area contributed by atoms with E-state index in [0.29, 0.717) is 28.6 Å². The molecular weight excluding hydrogens is 434 g/mol. The second-order valence-corrected chi connectivity index (χ2v) is 7.07. The molecule has 4 rings (SSSR count). The summed E-state index contributed by atoms with van der Waals surface area (Å²) in [6.45, 7) is 0. The van der Waals surface area contributed by atoms with Gasteiger partial charge in [-0.1, -0.05) is 18.2 Å². The van der Waals surface area contributed by atoms with Gasteiger partial charge in [0.15, 0.2) is 23.1 Å². The number of pyridine rings is 1. The Morgan fingerprint density at radius 1 is 1.06 bits per heavy atom. The lowest BCUT2D eigenvalue weighted by Gasteiger charge is -2.12. The minimum atomic E-state index is -0.451. The highest BCUT2D eigenvalue weighted by atomic mass is 16.5. The molecular formula is C25H21N5O4. The number of carbonyl (C=O) groups excluding carboxylic acids is 1. The van der Waals surface area contributed by atoms with Gasteiger partial charge in [0.1, 0.15) is 11.6 Å². The molecule has 2 aromatic heterocycles. The first-order chi connectivity index (χ1) is 16.6. The fourth-order valence-corrected chi connectivity index (χ4v) is 3.43. The maximum atomic E-state index is 12.7. The number of rotatable bonds is 7. The number of benzene rings is 2. The summed E-state index contributed by atoms with van der Waals surface area (Å²) in [5.41, 5.74) is 1.65. The van der Waals surface area contributed by atoms with Crippen molar-refractivity contribution < 1.29 is 19.0 Å². The van der Waals surface area contributed by atoms with E-state index in [1.165, 1.54) is 38.3 Å². The summed E-state index contributed by atoms with van der Waals surface area (Å²) in [6.07, 6.45) is 4.32. The van der Waals surface area contributed by atoms with Gasteiger partial charge in [-0.05, 0) is 42.0 Å². The predicted octanol–water partition coefficient (Wildman–Crippen LogP) is 3.97. The molecule has 0 fully saturated rings. The van der Waals surface area contributed by atoms with E-state index in [1.807, 2.05) is 36.4 Å². The summed E-state index contributed by atoms with van der Waals surface area (Å²) in [5.74, 6) is 1.64. The number of nitriles is 1. The van der Waals surface area contributed by atoms with Gasteiger partial charge in [0, 0.05) is 11.5 Å². The number of methoxy groups -OCH3 is 3. The topological polar surface area (TPSA) is 111 Å². The van der Waals surface area contributed by atoms with Gasteiger partial charge in [-0.25, -0.2) is 4.98 Å². The summed E-state index contributed by atoms with van der Waals surface area (Å²) < 4.78 is 17.4. The number of para-hydroxylation sites is 1. The number of hydrogen-bond acceptors (Lipinski definition) is 7. The molecule has 0 unspecified atom stereocenters. The van der Waals surface area contributed by atoms with E-state index in [1.54, 1.807) is 24.3 Å². The molecule has 0 spiro atoms. The quantitative estimate of drug-likeness (QED) is 0.420. The van der Waals surface area contributed by atoms with Crippen LogP contribution in [-0.2, 0) is 4.79 Å². The Hall–Kier alpha value is -4.84. The molecule has 0 aliphatic carbocycles. The highest BCUT2D eigenvalue weighted by Gasteiger charge is 2.16. The van der Waals surface area contributed by atoms with Crippen molar-refractivity contribution >= 4 is 28.7 Å². The molecule has 9 nitrogen and oxygen atoms in total. The van der Waals surface area contributed by atoms with Crippen molar-refractivity contribution in [3.8, 4) is 29.1 Å². The van der Waals surface area contributed by atoms with E-state index in [-0.39, 0.29) is 11.4 Å². The second-order valence-electron chi connectivity index (χ2n) is 7.07. The summed E-state index contributed by atoms with van der Waals surface area (Å²) in [5, 5.41) is 17.5. The number of ether oxygens (including phenoxy) is 3. The average Bonchev–Trinajstić information content (AvgIpc) is 3.28. The van der Waals surface area contributed by atoms with E-state index in [9.17, 15) is 10.1 Å². The number of hydrogen-bond donors (Lipinski definition) is 1. The minimum Gasteiger partial charge on any atom is -0.493 e. The fraction of sp³-hybridized carbons (Fsp3) is 0.120. The van der Waals surface area contributed by atoms with E-state index in [4.69, 9.17) is 14.2 Å². The molecule has 1 amide bonds. The summed E-state index contributed by atoms with van der Waals surface area (Å²) in [7, 11) is 4.55. The van der Waals surface area contributed by atoms with Crippen molar-refractivity contribution in [1.29, 1.82) is 5.26 Å². The van der Waals surface area contributed by atoms with Crippen LogP contribution in [0.5, 0.6) is 17.2 Å². The number of fused-ring (bicyclic) bond motifs is 1. The van der Waals surface area contributed by atoms with Gasteiger partial charge in [0.2, 0.25) is 11.7 Å². The fourth-order valence-electron chi connectivity index (χ4n) is 3.43. The summed E-state index contributed by atoms with van der Waals surface area (Å²) in [4.78, 5) is 17.3. The monoisotopic (exact) mass is 455 g/mol. The zero-order chi connectivity index (χ0) is 24.1. The lowest BCUT2D eigenvalue weighted by atomic mass is 10.1. The molecule has 0 saturated carbocycles. The van der Waals surface area contributed by atoms with Gasteiger partial charge >= 0.3 is 0 Å². The van der Waals surface area contributed by atoms with Crippen molar-refractivity contribution in [1.82, 2.24) is 14.8 Å². The van der Waals surface area contributed by atoms with Crippen LogP contribution in [-0.4, -0.2) is 42.0 Å². The van der Waals surface area contributed by atoms with E-state index < -0.39 is 5.91 Å². The molecule has 2 aromatic carbocycles. The van der Waals surface area contributed by atoms with Crippen LogP contribution >= 0.6 is 0 Å². The van der Waals surface area contributed by atoms with Crippen LogP contribution in [0.4, 0.5) is 5.82 Å². The largest absolute Gasteiger partial charge is 0.493 e. The van der Waals surface area contributed by atoms with Crippen LogP contribution in [0.1, 0.15) is 11.1 Å². The first-order valence-electron chi connectivity index (χ1n) is 10.2. The molecule has 170 valence electrons. The van der Waals surface area contributed by atoms with Crippen LogP contribution in [0.3, 0.4) is 0 Å². The van der Waals surface area contributed by atoms with Gasteiger partial charge in [-0.3, -0.25) is 4.79 Å². The maximum Gasteiger partial charge on any atom is 0.249 e. The molecule has 4 aromatic rings. The zero-order valence-corrected chi connectivity index (χ0v) is 18.8. The van der Waals surface area contributed by atoms with E-state index in [2.05, 4.69) is 15.4 Å². The third-order valence-corrected chi connectivity index (χ3v) is 5.05. The third kappa shape index (κ3) is 4.38. The Morgan fingerprint density at radius 3 is 2.47 bits per heavy atom.